The van der Waals surface area contributed by atoms with Crippen molar-refractivity contribution in [3.8, 4) is 0 Å². The number of hydrogen-bond acceptors (Lipinski definition) is 4. The molecule has 0 fully saturated rings. The number of carbonyl (C=O) groups is 2. The maximum absolute atomic E-state index is 11.9. The van der Waals surface area contributed by atoms with Gasteiger partial charge in [0, 0.05) is 18.8 Å². The molecule has 18 heavy (non-hydrogen) atoms. The van der Waals surface area contributed by atoms with Crippen molar-refractivity contribution >= 4 is 11.6 Å². The lowest BCUT2D eigenvalue weighted by molar-refractivity contribution is -0.120. The molecule has 0 aliphatic carbocycles. The van der Waals surface area contributed by atoms with Crippen LogP contribution in [0.1, 0.15) is 50.3 Å². The number of carbonyl (C=O) groups excluding carboxylic acids is 2. The van der Waals surface area contributed by atoms with Gasteiger partial charge in [0.15, 0.2) is 5.82 Å². The van der Waals surface area contributed by atoms with E-state index in [1.165, 1.54) is 0 Å². The van der Waals surface area contributed by atoms with Crippen LogP contribution in [0.5, 0.6) is 0 Å². The van der Waals surface area contributed by atoms with E-state index in [2.05, 4.69) is 23.8 Å². The van der Waals surface area contributed by atoms with Crippen LogP contribution in [0, 0.1) is 11.8 Å². The lowest BCUT2D eigenvalue weighted by Crippen LogP contribution is -2.22. The van der Waals surface area contributed by atoms with Gasteiger partial charge in [0.25, 0.3) is 0 Å². The summed E-state index contributed by atoms with van der Waals surface area (Å²) >= 11 is 0. The van der Waals surface area contributed by atoms with Crippen molar-refractivity contribution in [2.75, 3.05) is 0 Å². The molecule has 0 saturated carbocycles. The van der Waals surface area contributed by atoms with Gasteiger partial charge in [0.2, 0.25) is 5.78 Å². The molecule has 0 saturated heterocycles. The van der Waals surface area contributed by atoms with E-state index < -0.39 is 5.92 Å². The Morgan fingerprint density at radius 3 is 2.17 bits per heavy atom. The van der Waals surface area contributed by atoms with Crippen LogP contribution in [0.2, 0.25) is 0 Å². The fourth-order valence-corrected chi connectivity index (χ4v) is 1.70. The minimum Gasteiger partial charge on any atom is -0.299 e. The maximum Gasteiger partial charge on any atom is 0.210 e. The molecule has 1 unspecified atom stereocenters. The van der Waals surface area contributed by atoms with Crippen molar-refractivity contribution in [3.63, 3.8) is 0 Å². The van der Waals surface area contributed by atoms with Crippen molar-refractivity contribution in [2.24, 2.45) is 11.8 Å². The van der Waals surface area contributed by atoms with Crippen LogP contribution in [0.3, 0.4) is 0 Å². The molecule has 0 aromatic carbocycles. The summed E-state index contributed by atoms with van der Waals surface area (Å²) in [5.74, 6) is -0.355. The Hall–Kier alpha value is -1.58. The van der Waals surface area contributed by atoms with E-state index in [1.807, 2.05) is 0 Å². The quantitative estimate of drug-likeness (QED) is 0.573. The Balaban J connectivity index is 2.79. The first-order valence-corrected chi connectivity index (χ1v) is 6.33. The van der Waals surface area contributed by atoms with E-state index in [9.17, 15) is 9.59 Å². The Labute approximate surface area is 108 Å². The van der Waals surface area contributed by atoms with Gasteiger partial charge in [-0.15, -0.1) is 0 Å². The third-order valence-electron chi connectivity index (χ3n) is 2.79. The van der Waals surface area contributed by atoms with Gasteiger partial charge in [-0.1, -0.05) is 20.8 Å². The van der Waals surface area contributed by atoms with Crippen LogP contribution >= 0.6 is 0 Å². The summed E-state index contributed by atoms with van der Waals surface area (Å²) in [7, 11) is 0. The number of ketones is 2. The van der Waals surface area contributed by atoms with Crippen LogP contribution in [-0.4, -0.2) is 21.5 Å². The van der Waals surface area contributed by atoms with Crippen LogP contribution < -0.4 is 0 Å². The second-order valence-corrected chi connectivity index (χ2v) is 4.92. The minimum absolute atomic E-state index is 0.0742. The van der Waals surface area contributed by atoms with Crippen LogP contribution in [0.4, 0.5) is 0 Å². The van der Waals surface area contributed by atoms with E-state index in [0.717, 1.165) is 12.0 Å². The average molecular weight is 248 g/mol. The molecule has 1 heterocycles. The van der Waals surface area contributed by atoms with Crippen molar-refractivity contribution in [1.82, 2.24) is 9.97 Å². The highest BCUT2D eigenvalue weighted by molar-refractivity contribution is 6.08. The zero-order chi connectivity index (χ0) is 13.7. The van der Waals surface area contributed by atoms with Crippen molar-refractivity contribution in [2.45, 2.75) is 40.5 Å². The molecule has 4 nitrogen and oxygen atoms in total. The van der Waals surface area contributed by atoms with Crippen LogP contribution in [0.25, 0.3) is 0 Å². The lowest BCUT2D eigenvalue weighted by Gasteiger charge is -2.08. The standard InChI is InChI=1S/C14H20N2O2/c1-5-12(17)10(4)13(18)14-15-7-11(8-16-14)6-9(2)3/h7-10H,5-6H2,1-4H3. The summed E-state index contributed by atoms with van der Waals surface area (Å²) in [6.07, 6.45) is 4.59. The molecule has 98 valence electrons. The first-order valence-electron chi connectivity index (χ1n) is 6.33. The highest BCUT2D eigenvalue weighted by Gasteiger charge is 2.23. The van der Waals surface area contributed by atoms with E-state index in [-0.39, 0.29) is 17.4 Å². The molecule has 1 aromatic heterocycles. The summed E-state index contributed by atoms with van der Waals surface area (Å²) < 4.78 is 0. The fourth-order valence-electron chi connectivity index (χ4n) is 1.70. The number of nitrogens with zero attached hydrogens (tertiary/aromatic N) is 2. The minimum atomic E-state index is -0.647. The Morgan fingerprint density at radius 2 is 1.72 bits per heavy atom. The largest absolute Gasteiger partial charge is 0.299 e. The molecule has 1 aromatic rings. The average Bonchev–Trinajstić information content (AvgIpc) is 2.36. The molecule has 1 rings (SSSR count). The topological polar surface area (TPSA) is 59.9 Å². The molecule has 0 aliphatic rings. The van der Waals surface area contributed by atoms with Gasteiger partial charge in [-0.2, -0.15) is 0 Å². The van der Waals surface area contributed by atoms with E-state index >= 15 is 0 Å². The van der Waals surface area contributed by atoms with Gasteiger partial charge < -0.3 is 0 Å². The second-order valence-electron chi connectivity index (χ2n) is 4.92. The van der Waals surface area contributed by atoms with Crippen LogP contribution in [-0.2, 0) is 11.2 Å². The Bertz CT molecular complexity index is 424. The van der Waals surface area contributed by atoms with Crippen LogP contribution in [0.15, 0.2) is 12.4 Å². The molecule has 1 atom stereocenters. The van der Waals surface area contributed by atoms with Gasteiger partial charge in [0.05, 0.1) is 5.92 Å². The van der Waals surface area contributed by atoms with E-state index in [1.54, 1.807) is 26.2 Å². The van der Waals surface area contributed by atoms with Gasteiger partial charge in [-0.3, -0.25) is 9.59 Å². The SMILES string of the molecule is CCC(=O)C(C)C(=O)c1ncc(CC(C)C)cn1. The zero-order valence-corrected chi connectivity index (χ0v) is 11.4. The predicted molar refractivity (Wildman–Crippen MR) is 69.4 cm³/mol. The first-order chi connectivity index (χ1) is 8.45. The van der Waals surface area contributed by atoms with Gasteiger partial charge in [-0.25, -0.2) is 9.97 Å². The third-order valence-corrected chi connectivity index (χ3v) is 2.79. The number of hydrogen-bond donors (Lipinski definition) is 0. The fraction of sp³-hybridized carbons (Fsp3) is 0.571. The number of rotatable bonds is 6. The van der Waals surface area contributed by atoms with E-state index in [0.29, 0.717) is 12.3 Å². The summed E-state index contributed by atoms with van der Waals surface area (Å²) in [5.41, 5.74) is 1.01. The smallest absolute Gasteiger partial charge is 0.210 e. The first kappa shape index (κ1) is 14.5. The maximum atomic E-state index is 11.9. The highest BCUT2D eigenvalue weighted by Crippen LogP contribution is 2.10. The summed E-state index contributed by atoms with van der Waals surface area (Å²) in [5, 5.41) is 0. The zero-order valence-electron chi connectivity index (χ0n) is 11.4. The summed E-state index contributed by atoms with van der Waals surface area (Å²) in [4.78, 5) is 31.5. The predicted octanol–water partition coefficient (Wildman–Crippen LogP) is 2.47. The van der Waals surface area contributed by atoms with Gasteiger partial charge in [0.1, 0.15) is 5.78 Å². The van der Waals surface area contributed by atoms with Gasteiger partial charge in [-0.05, 0) is 24.8 Å². The molecule has 0 spiro atoms. The number of Topliss-reactive ketones (excluding diaryl/α,β-unsaturated/α-hetero) is 2. The normalized spacial score (nSPS) is 12.5. The van der Waals surface area contributed by atoms with Crippen molar-refractivity contribution in [1.29, 1.82) is 0 Å². The van der Waals surface area contributed by atoms with Crippen molar-refractivity contribution in [3.05, 3.63) is 23.8 Å². The molecule has 0 N–H and O–H groups in total. The Morgan fingerprint density at radius 1 is 1.17 bits per heavy atom. The van der Waals surface area contributed by atoms with E-state index in [4.69, 9.17) is 0 Å². The molecule has 0 bridgehead atoms. The molecule has 0 aliphatic heterocycles. The third kappa shape index (κ3) is 3.72. The lowest BCUT2D eigenvalue weighted by atomic mass is 9.99. The molecule has 0 radical (unpaired) electrons. The molecular weight excluding hydrogens is 228 g/mol. The second kappa shape index (κ2) is 6.38. The highest BCUT2D eigenvalue weighted by atomic mass is 16.2. The molecule has 0 amide bonds. The summed E-state index contributed by atoms with van der Waals surface area (Å²) in [6, 6.07) is 0. The van der Waals surface area contributed by atoms with Gasteiger partial charge >= 0.3 is 0 Å². The molecule has 4 heteroatoms. The Kier molecular flexibility index (Phi) is 5.13. The van der Waals surface area contributed by atoms with Crippen molar-refractivity contribution < 1.29 is 9.59 Å². The molecular formula is C14H20N2O2. The number of aromatic nitrogens is 2. The summed E-state index contributed by atoms with van der Waals surface area (Å²) in [6.45, 7) is 7.58. The monoisotopic (exact) mass is 248 g/mol.